The maximum Gasteiger partial charge on any atom is 0.255 e. The molecule has 0 bridgehead atoms. The highest BCUT2D eigenvalue weighted by atomic mass is 32.2. The van der Waals surface area contributed by atoms with Crippen molar-refractivity contribution in [2.24, 2.45) is 0 Å². The maximum absolute atomic E-state index is 12.6. The van der Waals surface area contributed by atoms with Gasteiger partial charge in [0.2, 0.25) is 10.0 Å². The Kier molecular flexibility index (Phi) is 5.35. The van der Waals surface area contributed by atoms with Crippen LogP contribution in [0.15, 0.2) is 53.4 Å². The van der Waals surface area contributed by atoms with E-state index < -0.39 is 10.0 Å². The molecule has 0 saturated carbocycles. The number of nitrogens with zero attached hydrogens (tertiary/aromatic N) is 2. The van der Waals surface area contributed by atoms with Crippen LogP contribution in [0.3, 0.4) is 0 Å². The minimum Gasteiger partial charge on any atom is -0.322 e. The number of amides is 1. The lowest BCUT2D eigenvalue weighted by Gasteiger charge is -2.25. The number of carbonyl (C=O) groups is 1. The van der Waals surface area contributed by atoms with Gasteiger partial charge in [-0.15, -0.1) is 0 Å². The molecule has 1 saturated heterocycles. The van der Waals surface area contributed by atoms with Gasteiger partial charge in [-0.25, -0.2) is 8.42 Å². The molecule has 0 spiro atoms. The van der Waals surface area contributed by atoms with Crippen LogP contribution in [0.4, 0.5) is 5.69 Å². The zero-order valence-corrected chi connectivity index (χ0v) is 15.0. The molecule has 26 heavy (non-hydrogen) atoms. The van der Waals surface area contributed by atoms with Crippen molar-refractivity contribution in [2.75, 3.05) is 18.4 Å². The fourth-order valence-electron chi connectivity index (χ4n) is 2.86. The lowest BCUT2D eigenvalue weighted by atomic mass is 10.2. The Hall–Kier alpha value is -2.69. The van der Waals surface area contributed by atoms with Crippen LogP contribution in [-0.4, -0.2) is 31.7 Å². The molecule has 0 aromatic heterocycles. The topological polar surface area (TPSA) is 90.3 Å². The number of nitrogens with one attached hydrogen (secondary N) is 1. The first-order valence-electron chi connectivity index (χ1n) is 8.42. The molecule has 7 heteroatoms. The van der Waals surface area contributed by atoms with Crippen molar-refractivity contribution in [3.8, 4) is 6.07 Å². The second kappa shape index (κ2) is 7.68. The van der Waals surface area contributed by atoms with Crippen molar-refractivity contribution in [1.29, 1.82) is 5.26 Å². The minimum atomic E-state index is -3.50. The fourth-order valence-corrected chi connectivity index (χ4v) is 4.38. The molecule has 2 aromatic rings. The third-order valence-electron chi connectivity index (χ3n) is 4.34. The highest BCUT2D eigenvalue weighted by Crippen LogP contribution is 2.21. The van der Waals surface area contributed by atoms with Gasteiger partial charge in [0.25, 0.3) is 5.91 Å². The Morgan fingerprint density at radius 3 is 2.15 bits per heavy atom. The Morgan fingerprint density at radius 1 is 0.962 bits per heavy atom. The van der Waals surface area contributed by atoms with Crippen LogP contribution in [0.5, 0.6) is 0 Å². The van der Waals surface area contributed by atoms with E-state index in [1.54, 1.807) is 24.3 Å². The van der Waals surface area contributed by atoms with E-state index >= 15 is 0 Å². The first kappa shape index (κ1) is 18.1. The standard InChI is InChI=1S/C19H19N3O3S/c20-14-15-4-8-17(9-5-15)21-19(23)16-6-10-18(11-7-16)26(24,25)22-12-2-1-3-13-22/h4-11H,1-3,12-13H2,(H,21,23). The van der Waals surface area contributed by atoms with Crippen molar-refractivity contribution in [3.63, 3.8) is 0 Å². The summed E-state index contributed by atoms with van der Waals surface area (Å²) in [6.07, 6.45) is 2.81. The highest BCUT2D eigenvalue weighted by molar-refractivity contribution is 7.89. The van der Waals surface area contributed by atoms with Gasteiger partial charge in [-0.2, -0.15) is 9.57 Å². The van der Waals surface area contributed by atoms with E-state index in [2.05, 4.69) is 5.32 Å². The van der Waals surface area contributed by atoms with Crippen molar-refractivity contribution in [1.82, 2.24) is 4.31 Å². The quantitative estimate of drug-likeness (QED) is 0.897. The monoisotopic (exact) mass is 369 g/mol. The summed E-state index contributed by atoms with van der Waals surface area (Å²) in [4.78, 5) is 12.5. The van der Waals surface area contributed by atoms with E-state index in [4.69, 9.17) is 5.26 Å². The molecule has 0 radical (unpaired) electrons. The van der Waals surface area contributed by atoms with Gasteiger partial charge in [0.15, 0.2) is 0 Å². The van der Waals surface area contributed by atoms with Crippen molar-refractivity contribution < 1.29 is 13.2 Å². The van der Waals surface area contributed by atoms with Gasteiger partial charge in [-0.3, -0.25) is 4.79 Å². The Labute approximate surface area is 153 Å². The summed E-state index contributed by atoms with van der Waals surface area (Å²) in [5, 5.41) is 11.5. The number of carbonyl (C=O) groups excluding carboxylic acids is 1. The summed E-state index contributed by atoms with van der Waals surface area (Å²) < 4.78 is 26.7. The van der Waals surface area contributed by atoms with Gasteiger partial charge >= 0.3 is 0 Å². The van der Waals surface area contributed by atoms with Gasteiger partial charge < -0.3 is 5.32 Å². The van der Waals surface area contributed by atoms with Crippen molar-refractivity contribution >= 4 is 21.6 Å². The van der Waals surface area contributed by atoms with Crippen LogP contribution in [0.1, 0.15) is 35.2 Å². The van der Waals surface area contributed by atoms with Crippen LogP contribution < -0.4 is 5.32 Å². The van der Waals surface area contributed by atoms with E-state index in [9.17, 15) is 13.2 Å². The van der Waals surface area contributed by atoms with Crippen LogP contribution in [0.2, 0.25) is 0 Å². The number of rotatable bonds is 4. The Morgan fingerprint density at radius 2 is 1.58 bits per heavy atom. The first-order chi connectivity index (χ1) is 12.5. The number of anilines is 1. The predicted molar refractivity (Wildman–Crippen MR) is 98.2 cm³/mol. The summed E-state index contributed by atoms with van der Waals surface area (Å²) >= 11 is 0. The first-order valence-corrected chi connectivity index (χ1v) is 9.86. The molecule has 1 N–H and O–H groups in total. The summed E-state index contributed by atoms with van der Waals surface area (Å²) in [7, 11) is -3.50. The summed E-state index contributed by atoms with van der Waals surface area (Å²) in [6, 6.07) is 14.5. The minimum absolute atomic E-state index is 0.203. The van der Waals surface area contributed by atoms with E-state index in [0.29, 0.717) is 29.9 Å². The normalized spacial score (nSPS) is 15.2. The molecular formula is C19H19N3O3S. The predicted octanol–water partition coefficient (Wildman–Crippen LogP) is 2.99. The summed E-state index contributed by atoms with van der Waals surface area (Å²) in [6.45, 7) is 1.09. The average molecular weight is 369 g/mol. The number of hydrogen-bond donors (Lipinski definition) is 1. The van der Waals surface area contributed by atoms with Crippen molar-refractivity contribution in [3.05, 3.63) is 59.7 Å². The zero-order chi connectivity index (χ0) is 18.6. The van der Waals surface area contributed by atoms with Gasteiger partial charge in [0, 0.05) is 24.3 Å². The molecule has 1 heterocycles. The molecule has 1 fully saturated rings. The number of nitriles is 1. The molecule has 0 atom stereocenters. The molecule has 2 aromatic carbocycles. The molecule has 1 aliphatic heterocycles. The Balaban J connectivity index is 1.72. The Bertz CT molecular complexity index is 923. The lowest BCUT2D eigenvalue weighted by molar-refractivity contribution is 0.102. The van der Waals surface area contributed by atoms with E-state index in [0.717, 1.165) is 19.3 Å². The van der Waals surface area contributed by atoms with Crippen LogP contribution in [0.25, 0.3) is 0 Å². The third-order valence-corrected chi connectivity index (χ3v) is 6.25. The second-order valence-corrected chi connectivity index (χ2v) is 8.07. The van der Waals surface area contributed by atoms with Crippen LogP contribution >= 0.6 is 0 Å². The molecule has 6 nitrogen and oxygen atoms in total. The molecule has 0 unspecified atom stereocenters. The van der Waals surface area contributed by atoms with Gasteiger partial charge in [0.05, 0.1) is 16.5 Å². The molecule has 1 amide bonds. The van der Waals surface area contributed by atoms with Crippen molar-refractivity contribution in [2.45, 2.75) is 24.2 Å². The SMILES string of the molecule is N#Cc1ccc(NC(=O)c2ccc(S(=O)(=O)N3CCCCC3)cc2)cc1. The summed E-state index contributed by atoms with van der Waals surface area (Å²) in [5.41, 5.74) is 1.45. The van der Waals surface area contributed by atoms with Crippen LogP contribution in [0, 0.1) is 11.3 Å². The molecule has 0 aliphatic carbocycles. The number of sulfonamides is 1. The van der Waals surface area contributed by atoms with Gasteiger partial charge in [-0.1, -0.05) is 6.42 Å². The summed E-state index contributed by atoms with van der Waals surface area (Å²) in [5.74, 6) is -0.336. The highest BCUT2D eigenvalue weighted by Gasteiger charge is 2.25. The number of hydrogen-bond acceptors (Lipinski definition) is 4. The van der Waals surface area contributed by atoms with Gasteiger partial charge in [-0.05, 0) is 61.4 Å². The maximum atomic E-state index is 12.6. The van der Waals surface area contributed by atoms with Crippen LogP contribution in [-0.2, 0) is 10.0 Å². The molecule has 3 rings (SSSR count). The zero-order valence-electron chi connectivity index (χ0n) is 14.2. The van der Waals surface area contributed by atoms with Gasteiger partial charge in [0.1, 0.15) is 0 Å². The third kappa shape index (κ3) is 3.93. The van der Waals surface area contributed by atoms with E-state index in [1.807, 2.05) is 6.07 Å². The second-order valence-electron chi connectivity index (χ2n) is 6.13. The average Bonchev–Trinajstić information content (AvgIpc) is 2.69. The molecular weight excluding hydrogens is 350 g/mol. The largest absolute Gasteiger partial charge is 0.322 e. The fraction of sp³-hybridized carbons (Fsp3) is 0.263. The number of benzene rings is 2. The molecule has 1 aliphatic rings. The lowest BCUT2D eigenvalue weighted by Crippen LogP contribution is -2.35. The van der Waals surface area contributed by atoms with E-state index in [-0.39, 0.29) is 10.8 Å². The number of piperidine rings is 1. The smallest absolute Gasteiger partial charge is 0.255 e. The molecule has 134 valence electrons. The van der Waals surface area contributed by atoms with E-state index in [1.165, 1.54) is 28.6 Å².